The van der Waals surface area contributed by atoms with Crippen molar-refractivity contribution in [2.75, 3.05) is 65.9 Å². The van der Waals surface area contributed by atoms with Crippen molar-refractivity contribution in [2.24, 2.45) is 0 Å². The Morgan fingerprint density at radius 2 is 1.82 bits per heavy atom. The average molecular weight is 679 g/mol. The predicted octanol–water partition coefficient (Wildman–Crippen LogP) is 2.40. The highest BCUT2D eigenvalue weighted by atomic mass is 16.5. The molecule has 3 aromatic rings. The molecule has 1 aromatic carbocycles. The Balaban J connectivity index is 1.09. The zero-order valence-electron chi connectivity index (χ0n) is 28.1. The molecule has 1 aliphatic rings. The van der Waals surface area contributed by atoms with E-state index in [4.69, 9.17) is 25.5 Å². The normalized spacial score (nSPS) is 14.1. The van der Waals surface area contributed by atoms with Crippen LogP contribution in [-0.2, 0) is 36.8 Å². The lowest BCUT2D eigenvalue weighted by Crippen LogP contribution is -2.41. The van der Waals surface area contributed by atoms with Gasteiger partial charge in [-0.15, -0.1) is 5.10 Å². The van der Waals surface area contributed by atoms with Crippen molar-refractivity contribution >= 4 is 28.6 Å². The Hall–Kier alpha value is -4.65. The number of aromatic nitrogens is 4. The van der Waals surface area contributed by atoms with Crippen LogP contribution in [0.1, 0.15) is 55.1 Å². The van der Waals surface area contributed by atoms with Crippen LogP contribution in [-0.4, -0.2) is 115 Å². The van der Waals surface area contributed by atoms with Crippen LogP contribution in [0, 0.1) is 6.57 Å². The molecule has 264 valence electrons. The minimum atomic E-state index is -0.456. The molecule has 3 amide bonds. The summed E-state index contributed by atoms with van der Waals surface area (Å²) in [5.41, 5.74) is 1.72. The van der Waals surface area contributed by atoms with Gasteiger partial charge >= 0.3 is 6.17 Å². The molecule has 4 rings (SSSR count). The van der Waals surface area contributed by atoms with E-state index in [0.717, 1.165) is 25.1 Å². The van der Waals surface area contributed by atoms with Gasteiger partial charge in [-0.05, 0) is 43.5 Å². The van der Waals surface area contributed by atoms with Gasteiger partial charge in [0.05, 0.1) is 69.5 Å². The van der Waals surface area contributed by atoms with E-state index in [9.17, 15) is 14.4 Å². The molecule has 15 nitrogen and oxygen atoms in total. The molecule has 1 saturated heterocycles. The first-order chi connectivity index (χ1) is 24.0. The molecule has 1 atom stereocenters. The lowest BCUT2D eigenvalue weighted by Gasteiger charge is -2.16. The Morgan fingerprint density at radius 3 is 2.61 bits per heavy atom. The highest BCUT2D eigenvalue weighted by Crippen LogP contribution is 2.23. The summed E-state index contributed by atoms with van der Waals surface area (Å²) in [7, 11) is 0. The molecule has 2 aromatic heterocycles. The van der Waals surface area contributed by atoms with Crippen LogP contribution in [0.5, 0.6) is 5.75 Å². The summed E-state index contributed by atoms with van der Waals surface area (Å²) in [4.78, 5) is 47.3. The lowest BCUT2D eigenvalue weighted by molar-refractivity contribution is -0.130. The number of carbonyl (C=O) groups excluding carboxylic acids is 3. The third-order valence-corrected chi connectivity index (χ3v) is 7.71. The van der Waals surface area contributed by atoms with Crippen LogP contribution in [0.25, 0.3) is 15.7 Å². The number of amides is 3. The van der Waals surface area contributed by atoms with Gasteiger partial charge in [-0.2, -0.15) is 0 Å². The number of rotatable bonds is 22. The van der Waals surface area contributed by atoms with Crippen molar-refractivity contribution in [3.63, 3.8) is 0 Å². The maximum Gasteiger partial charge on any atom is 0.300 e. The molecule has 1 aliphatic heterocycles. The summed E-state index contributed by atoms with van der Waals surface area (Å²) >= 11 is 0. The predicted molar refractivity (Wildman–Crippen MR) is 180 cm³/mol. The number of hydrogen-bond donors (Lipinski definition) is 2. The smallest absolute Gasteiger partial charge is 0.300 e. The van der Waals surface area contributed by atoms with E-state index in [0.29, 0.717) is 107 Å². The summed E-state index contributed by atoms with van der Waals surface area (Å²) < 4.78 is 24.0. The number of likely N-dealkylation sites (tertiary alicyclic amines) is 1. The average Bonchev–Trinajstić information content (AvgIpc) is 3.80. The monoisotopic (exact) mass is 678 g/mol. The molecular weight excluding hydrogens is 632 g/mol. The molecule has 0 spiro atoms. The summed E-state index contributed by atoms with van der Waals surface area (Å²) in [5.74, 6) is -0.202. The van der Waals surface area contributed by atoms with Crippen molar-refractivity contribution in [2.45, 2.75) is 58.2 Å². The zero-order chi connectivity index (χ0) is 34.7. The third-order valence-electron chi connectivity index (χ3n) is 7.71. The lowest BCUT2D eigenvalue weighted by atomic mass is 10.1. The highest BCUT2D eigenvalue weighted by Gasteiger charge is 2.32. The van der Waals surface area contributed by atoms with Gasteiger partial charge in [-0.1, -0.05) is 12.1 Å². The van der Waals surface area contributed by atoms with Crippen LogP contribution < -0.4 is 15.4 Å². The number of fused-ring (bicyclic) bond motifs is 1. The maximum atomic E-state index is 13.0. The molecule has 0 bridgehead atoms. The molecular formula is C34H46N8O7. The number of hydrogen-bond acceptors (Lipinski definition) is 10. The van der Waals surface area contributed by atoms with Crippen molar-refractivity contribution in [1.82, 2.24) is 35.5 Å². The second-order valence-corrected chi connectivity index (χ2v) is 11.4. The van der Waals surface area contributed by atoms with Crippen LogP contribution in [0.2, 0.25) is 0 Å². The Labute approximate surface area is 286 Å². The number of aryl methyl sites for hydroxylation is 1. The number of nitrogens with zero attached hydrogens (tertiary/aromatic N) is 6. The van der Waals surface area contributed by atoms with Crippen molar-refractivity contribution in [3.05, 3.63) is 59.3 Å². The third kappa shape index (κ3) is 12.4. The van der Waals surface area contributed by atoms with E-state index in [1.807, 2.05) is 6.20 Å². The zero-order valence-corrected chi connectivity index (χ0v) is 28.1. The number of carbonyl (C=O) groups is 3. The minimum Gasteiger partial charge on any atom is -0.494 e. The van der Waals surface area contributed by atoms with Crippen LogP contribution >= 0.6 is 0 Å². The molecule has 2 N–H and O–H groups in total. The first-order valence-corrected chi connectivity index (χ1v) is 16.8. The number of pyridine rings is 1. The quantitative estimate of drug-likeness (QED) is 0.119. The second-order valence-electron chi connectivity index (χ2n) is 11.4. The van der Waals surface area contributed by atoms with Gasteiger partial charge in [0.2, 0.25) is 11.8 Å². The van der Waals surface area contributed by atoms with E-state index in [-0.39, 0.29) is 18.4 Å². The molecule has 0 saturated carbocycles. The molecule has 0 unspecified atom stereocenters. The number of benzene rings is 1. The summed E-state index contributed by atoms with van der Waals surface area (Å²) in [5, 5.41) is 14.4. The van der Waals surface area contributed by atoms with Gasteiger partial charge in [0, 0.05) is 56.7 Å². The van der Waals surface area contributed by atoms with Crippen LogP contribution in [0.3, 0.4) is 0 Å². The Kier molecular flexibility index (Phi) is 15.7. The van der Waals surface area contributed by atoms with E-state index in [1.54, 1.807) is 35.1 Å². The van der Waals surface area contributed by atoms with Gasteiger partial charge in [0.15, 0.2) is 0 Å². The maximum absolute atomic E-state index is 13.0. The standard InChI is InChI=1S/C34H46N8O7/c1-3-16-46-19-21-48-22-20-47-18-15-41-25-26(39-40-41)7-10-32(43)37-12-5-17-49-27-8-9-30-29(23-27)28(11-13-36-30)34(45)38-24-33(44)42-14-4-6-31(42)35-2/h8-9,11,13,23,25,31H,3-7,10,12,14-22,24H2,1H3,(H,37,43)(H,38,45)/t31-/m0/s1. The van der Waals surface area contributed by atoms with Gasteiger partial charge in [-0.25, -0.2) is 11.3 Å². The number of nitrogens with one attached hydrogen (secondary N) is 2. The van der Waals surface area contributed by atoms with Gasteiger partial charge in [0.25, 0.3) is 5.91 Å². The summed E-state index contributed by atoms with van der Waals surface area (Å²) in [6.07, 6.45) is 6.70. The SMILES string of the molecule is [C-]#[N+][C@@H]1CCCN1C(=O)CNC(=O)c1ccnc2ccc(OCCCNC(=O)CCc3cn(CCOCCOCCOCCC)nn3)cc12. The topological polar surface area (TPSA) is 163 Å². The fraction of sp³-hybridized carbons (Fsp3) is 0.559. The van der Waals surface area contributed by atoms with E-state index in [2.05, 4.69) is 37.7 Å². The largest absolute Gasteiger partial charge is 0.494 e. The van der Waals surface area contributed by atoms with Gasteiger partial charge < -0.3 is 29.6 Å². The molecule has 49 heavy (non-hydrogen) atoms. The first-order valence-electron chi connectivity index (χ1n) is 16.8. The highest BCUT2D eigenvalue weighted by molar-refractivity contribution is 6.07. The van der Waals surface area contributed by atoms with Gasteiger partial charge in [0.1, 0.15) is 5.75 Å². The molecule has 15 heteroatoms. The van der Waals surface area contributed by atoms with Crippen molar-refractivity contribution < 1.29 is 33.3 Å². The molecule has 0 radical (unpaired) electrons. The number of ether oxygens (including phenoxy) is 4. The van der Waals surface area contributed by atoms with E-state index >= 15 is 0 Å². The fourth-order valence-corrected chi connectivity index (χ4v) is 5.17. The van der Waals surface area contributed by atoms with Crippen LogP contribution in [0.4, 0.5) is 0 Å². The summed E-state index contributed by atoms with van der Waals surface area (Å²) in [6.45, 7) is 14.4. The van der Waals surface area contributed by atoms with E-state index < -0.39 is 12.1 Å². The van der Waals surface area contributed by atoms with Crippen molar-refractivity contribution in [1.29, 1.82) is 0 Å². The molecule has 1 fully saturated rings. The fourth-order valence-electron chi connectivity index (χ4n) is 5.17. The molecule has 0 aliphatic carbocycles. The second kappa shape index (κ2) is 20.7. The van der Waals surface area contributed by atoms with E-state index in [1.165, 1.54) is 4.90 Å². The minimum absolute atomic E-state index is 0.0850. The summed E-state index contributed by atoms with van der Waals surface area (Å²) in [6, 6.07) is 6.88. The molecule has 3 heterocycles. The van der Waals surface area contributed by atoms with Crippen molar-refractivity contribution in [3.8, 4) is 5.75 Å². The first kappa shape index (κ1) is 37.2. The van der Waals surface area contributed by atoms with Crippen LogP contribution in [0.15, 0.2) is 36.7 Å². The Morgan fingerprint density at radius 1 is 1.02 bits per heavy atom. The Bertz CT molecular complexity index is 1540. The van der Waals surface area contributed by atoms with Gasteiger partial charge in [-0.3, -0.25) is 29.1 Å².